The lowest BCUT2D eigenvalue weighted by atomic mass is 9.95. The lowest BCUT2D eigenvalue weighted by Gasteiger charge is -2.50. The molecule has 0 aromatic heterocycles. The van der Waals surface area contributed by atoms with Gasteiger partial charge in [-0.25, -0.2) is 4.79 Å². The number of aliphatic hydroxyl groups is 6. The van der Waals surface area contributed by atoms with E-state index in [9.17, 15) is 49.8 Å². The van der Waals surface area contributed by atoms with Crippen LogP contribution in [0.15, 0.2) is 36.4 Å². The van der Waals surface area contributed by atoms with Gasteiger partial charge < -0.3 is 87.5 Å². The number of ether oxygens (including phenoxy) is 12. The molecule has 0 spiro atoms. The molecule has 5 aliphatic heterocycles. The Morgan fingerprint density at radius 2 is 1.18 bits per heavy atom. The Morgan fingerprint density at radius 3 is 1.86 bits per heavy atom. The minimum atomic E-state index is -1.90. The van der Waals surface area contributed by atoms with E-state index in [0.717, 1.165) is 89.5 Å². The molecule has 6 N–H and O–H groups in total. The van der Waals surface area contributed by atoms with E-state index >= 15 is 0 Å². The number of hydrogen-bond acceptors (Lipinski definition) is 22. The van der Waals surface area contributed by atoms with Crippen molar-refractivity contribution >= 4 is 30.0 Å². The second-order valence-electron chi connectivity index (χ2n) is 24.7. The Kier molecular flexibility index (Phi) is 31.9. The number of benzene rings is 1. The van der Waals surface area contributed by atoms with Crippen molar-refractivity contribution < 1.29 is 107 Å². The van der Waals surface area contributed by atoms with Crippen LogP contribution in [0.5, 0.6) is 0 Å². The van der Waals surface area contributed by atoms with Crippen molar-refractivity contribution in [2.24, 2.45) is 5.92 Å². The van der Waals surface area contributed by atoms with Crippen molar-refractivity contribution in [1.82, 2.24) is 0 Å². The molecule has 5 fully saturated rings. The molecule has 0 unspecified atom stereocenters. The van der Waals surface area contributed by atoms with Gasteiger partial charge in [-0.1, -0.05) is 167 Å². The Balaban J connectivity index is 1.24. The quantitative estimate of drug-likeness (QED) is 0.0224. The largest absolute Gasteiger partial charge is 0.457 e. The van der Waals surface area contributed by atoms with Gasteiger partial charge >= 0.3 is 23.9 Å². The number of esters is 4. The van der Waals surface area contributed by atoms with Crippen LogP contribution in [0.1, 0.15) is 208 Å². The fourth-order valence-corrected chi connectivity index (χ4v) is 11.9. The molecule has 0 saturated carbocycles. The molecule has 5 heterocycles. The number of rotatable bonds is 26. The smallest absolute Gasteiger partial charge is 0.331 e. The summed E-state index contributed by atoms with van der Waals surface area (Å²) in [5.41, 5.74) is 0.681. The van der Waals surface area contributed by atoms with Crippen LogP contribution in [0.2, 0.25) is 0 Å². The molecular formula is C66H106O22. The zero-order valence-electron chi connectivity index (χ0n) is 53.1. The molecule has 0 amide bonds. The summed E-state index contributed by atoms with van der Waals surface area (Å²) in [4.78, 5) is 54.5. The average Bonchev–Trinajstić information content (AvgIpc) is 1.06. The molecule has 0 radical (unpaired) electrons. The van der Waals surface area contributed by atoms with Crippen molar-refractivity contribution in [3.05, 3.63) is 42.0 Å². The molecule has 502 valence electrons. The molecule has 5 aliphatic rings. The lowest BCUT2D eigenvalue weighted by molar-refractivity contribution is -0.388. The summed E-state index contributed by atoms with van der Waals surface area (Å²) >= 11 is 0. The van der Waals surface area contributed by atoms with Crippen molar-refractivity contribution in [2.75, 3.05) is 6.61 Å². The molecule has 0 bridgehead atoms. The Bertz CT molecular complexity index is 2200. The molecule has 1 aromatic rings. The zero-order valence-corrected chi connectivity index (χ0v) is 53.1. The summed E-state index contributed by atoms with van der Waals surface area (Å²) in [7, 11) is 0. The number of fused-ring (bicyclic) bond motifs is 2. The van der Waals surface area contributed by atoms with Gasteiger partial charge in [-0.2, -0.15) is 0 Å². The zero-order chi connectivity index (χ0) is 63.7. The molecule has 88 heavy (non-hydrogen) atoms. The Morgan fingerprint density at radius 1 is 0.580 bits per heavy atom. The molecule has 0 aliphatic carbocycles. The number of carbonyl (C=O) groups excluding carboxylic acids is 4. The number of hydrogen-bond donors (Lipinski definition) is 6. The molecule has 1 aromatic carbocycles. The van der Waals surface area contributed by atoms with Gasteiger partial charge in [0.25, 0.3) is 0 Å². The van der Waals surface area contributed by atoms with E-state index < -0.39 is 159 Å². The van der Waals surface area contributed by atoms with Crippen LogP contribution in [-0.4, -0.2) is 190 Å². The normalized spacial score (nSPS) is 36.0. The number of carbonyl (C=O) groups is 4. The fraction of sp³-hybridized carbons (Fsp3) is 0.818. The van der Waals surface area contributed by atoms with Gasteiger partial charge in [-0.3, -0.25) is 14.4 Å². The third kappa shape index (κ3) is 22.0. The van der Waals surface area contributed by atoms with E-state index in [1.807, 2.05) is 6.07 Å². The van der Waals surface area contributed by atoms with Crippen LogP contribution in [0.25, 0.3) is 6.08 Å². The first-order valence-electron chi connectivity index (χ1n) is 33.2. The number of aliphatic hydroxyl groups excluding tert-OH is 6. The topological polar surface area (TPSA) is 300 Å². The summed E-state index contributed by atoms with van der Waals surface area (Å²) in [6, 6.07) is 8.95. The first-order valence-corrected chi connectivity index (χ1v) is 33.2. The molecule has 22 heteroatoms. The van der Waals surface area contributed by atoms with Gasteiger partial charge in [0, 0.05) is 18.9 Å². The van der Waals surface area contributed by atoms with Crippen LogP contribution in [0.3, 0.4) is 0 Å². The Hall–Kier alpha value is -3.72. The summed E-state index contributed by atoms with van der Waals surface area (Å²) < 4.78 is 75.0. The predicted molar refractivity (Wildman–Crippen MR) is 320 cm³/mol. The van der Waals surface area contributed by atoms with Gasteiger partial charge in [0.2, 0.25) is 0 Å². The Labute approximate surface area is 520 Å². The summed E-state index contributed by atoms with van der Waals surface area (Å²) in [5, 5.41) is 70.0. The van der Waals surface area contributed by atoms with Crippen molar-refractivity contribution in [3.63, 3.8) is 0 Å². The van der Waals surface area contributed by atoms with E-state index in [1.165, 1.54) is 45.6 Å². The van der Waals surface area contributed by atoms with Crippen molar-refractivity contribution in [2.45, 2.75) is 331 Å². The van der Waals surface area contributed by atoms with Gasteiger partial charge in [0.1, 0.15) is 54.9 Å². The molecule has 6 rings (SSSR count). The van der Waals surface area contributed by atoms with E-state index in [0.29, 0.717) is 37.7 Å². The minimum Gasteiger partial charge on any atom is -0.457 e. The highest BCUT2D eigenvalue weighted by atomic mass is 16.8. The summed E-state index contributed by atoms with van der Waals surface area (Å²) in [6.07, 6.45) is -8.14. The highest BCUT2D eigenvalue weighted by Gasteiger charge is 2.57. The summed E-state index contributed by atoms with van der Waals surface area (Å²) in [5.74, 6) is -3.57. The maximum Gasteiger partial charge on any atom is 0.331 e. The average molecular weight is 1250 g/mol. The molecule has 22 atom stereocenters. The highest BCUT2D eigenvalue weighted by molar-refractivity contribution is 5.87. The minimum absolute atomic E-state index is 0.0169. The van der Waals surface area contributed by atoms with Crippen molar-refractivity contribution in [1.29, 1.82) is 0 Å². The van der Waals surface area contributed by atoms with Crippen LogP contribution in [-0.2, 0) is 76.0 Å². The standard InChI is InChI=1S/C66H106O22/c1-8-11-13-14-15-16-19-22-29-35-47(68)82-55-41(5)78-64(60(52(55)73)84-49(70)38-37-44-31-26-24-27-32-44)87-57-43(7)77-63(54(75)58(57)85-62(76)40(4)10-3)86-56-42(6)79-65-61(53(56)74)83-48(69)36-30-23-20-17-18-21-28-34-45(33-25-12-9-2)80-66-59(88-65)51(72)50(71)46(39-67)81-66/h24,26-27,31-32,37-38,40-43,45-46,50-61,63-67,71-75H,8-23,25,28-30,33-36,39H2,1-7H3/b38-37+/t40-,41-,42-,43-,45-,46+,50+,51-,52+,53+,54+,55-,56-,57-,58-,59+,60+,61+,63-,64-,65-,66+/m0/s1. The van der Waals surface area contributed by atoms with Gasteiger partial charge in [0.05, 0.1) is 36.9 Å². The van der Waals surface area contributed by atoms with Crippen LogP contribution >= 0.6 is 0 Å². The van der Waals surface area contributed by atoms with Crippen LogP contribution in [0.4, 0.5) is 0 Å². The van der Waals surface area contributed by atoms with E-state index in [4.69, 9.17) is 56.8 Å². The third-order valence-electron chi connectivity index (χ3n) is 17.6. The van der Waals surface area contributed by atoms with Crippen LogP contribution in [0, 0.1) is 5.92 Å². The van der Waals surface area contributed by atoms with Crippen LogP contribution < -0.4 is 0 Å². The fourth-order valence-electron chi connectivity index (χ4n) is 11.9. The second-order valence-corrected chi connectivity index (χ2v) is 24.7. The molecule has 5 saturated heterocycles. The highest BCUT2D eigenvalue weighted by Crippen LogP contribution is 2.38. The first-order chi connectivity index (χ1) is 42.4. The summed E-state index contributed by atoms with van der Waals surface area (Å²) in [6.45, 7) is 11.7. The number of unbranched alkanes of at least 4 members (excludes halogenated alkanes) is 10. The van der Waals surface area contributed by atoms with Crippen molar-refractivity contribution in [3.8, 4) is 0 Å². The second kappa shape index (κ2) is 38.3. The monoisotopic (exact) mass is 1250 g/mol. The maximum atomic E-state index is 13.8. The third-order valence-corrected chi connectivity index (χ3v) is 17.6. The van der Waals surface area contributed by atoms with Gasteiger partial charge in [-0.05, 0) is 64.5 Å². The van der Waals surface area contributed by atoms with E-state index in [-0.39, 0.29) is 18.9 Å². The van der Waals surface area contributed by atoms with Gasteiger partial charge in [-0.15, -0.1) is 0 Å². The lowest BCUT2D eigenvalue weighted by Crippen LogP contribution is -2.67. The first kappa shape index (κ1) is 73.3. The SMILES string of the molecule is CCCCCCCCCCCC(=O)O[C@@H]1[C@@H](O)[C@@H](OC(=O)/C=C/c2ccccc2)[C@H](O[C@@H]2[C@@H](OC(=O)[C@@H](C)CC)[C@@H](O)[C@H](O[C@@H]3[C@@H](O)[C@H]4OC(=O)CCCCCCCCC[C@H](CCCCC)O[C@@H]5O[C@H](CO)[C@@H](O)[C@H](O)[C@H]5O[C@@H]4O[C@H]3C)O[C@H]2C)O[C@H]1C. The van der Waals surface area contributed by atoms with E-state index in [1.54, 1.807) is 45.0 Å². The van der Waals surface area contributed by atoms with E-state index in [2.05, 4.69) is 13.8 Å². The molecule has 22 nitrogen and oxygen atoms in total. The predicted octanol–water partition coefficient (Wildman–Crippen LogP) is 7.72. The van der Waals surface area contributed by atoms with Gasteiger partial charge in [0.15, 0.2) is 49.6 Å². The molecular weight excluding hydrogens is 1140 g/mol. The maximum absolute atomic E-state index is 13.8.